The second-order valence-electron chi connectivity index (χ2n) is 3.81. The van der Waals surface area contributed by atoms with Crippen molar-refractivity contribution in [2.75, 3.05) is 12.4 Å². The third kappa shape index (κ3) is 3.12. The van der Waals surface area contributed by atoms with Crippen LogP contribution in [0.2, 0.25) is 10.2 Å². The van der Waals surface area contributed by atoms with Crippen LogP contribution in [-0.2, 0) is 0 Å². The summed E-state index contributed by atoms with van der Waals surface area (Å²) in [7, 11) is 1.43. The summed E-state index contributed by atoms with van der Waals surface area (Å²) < 4.78 is 4.91. The number of methoxy groups -OCH3 is 1. The maximum Gasteiger partial charge on any atom is 0.275 e. The summed E-state index contributed by atoms with van der Waals surface area (Å²) in [5, 5.41) is 12.5. The molecule has 0 saturated heterocycles. The van der Waals surface area contributed by atoms with Crippen molar-refractivity contribution < 1.29 is 14.6 Å². The first-order valence-electron chi connectivity index (χ1n) is 5.51. The Morgan fingerprint density at radius 1 is 1.30 bits per heavy atom. The molecule has 1 heterocycles. The molecule has 0 unspecified atom stereocenters. The fourth-order valence-corrected chi connectivity index (χ4v) is 1.87. The van der Waals surface area contributed by atoms with Gasteiger partial charge < -0.3 is 15.2 Å². The largest absolute Gasteiger partial charge is 0.504 e. The second kappa shape index (κ2) is 5.98. The lowest BCUT2D eigenvalue weighted by molar-refractivity contribution is 0.102. The van der Waals surface area contributed by atoms with Crippen molar-refractivity contribution in [2.45, 2.75) is 0 Å². The van der Waals surface area contributed by atoms with Gasteiger partial charge >= 0.3 is 0 Å². The van der Waals surface area contributed by atoms with Crippen LogP contribution in [0.3, 0.4) is 0 Å². The van der Waals surface area contributed by atoms with E-state index in [-0.39, 0.29) is 21.6 Å². The van der Waals surface area contributed by atoms with Crippen molar-refractivity contribution in [2.24, 2.45) is 0 Å². The van der Waals surface area contributed by atoms with Crippen LogP contribution in [0.1, 0.15) is 10.5 Å². The van der Waals surface area contributed by atoms with E-state index in [1.54, 1.807) is 6.07 Å². The molecule has 0 bridgehead atoms. The molecular weight excluding hydrogens is 303 g/mol. The number of aromatic nitrogens is 1. The zero-order valence-electron chi connectivity index (χ0n) is 10.4. The van der Waals surface area contributed by atoms with Gasteiger partial charge in [-0.2, -0.15) is 0 Å². The number of halogens is 2. The smallest absolute Gasteiger partial charge is 0.275 e. The van der Waals surface area contributed by atoms with Crippen LogP contribution >= 0.6 is 23.2 Å². The molecule has 1 aromatic carbocycles. The predicted molar refractivity (Wildman–Crippen MR) is 76.9 cm³/mol. The number of nitrogens with one attached hydrogen (secondary N) is 1. The number of benzene rings is 1. The second-order valence-corrected chi connectivity index (χ2v) is 4.60. The van der Waals surface area contributed by atoms with Gasteiger partial charge in [0, 0.05) is 11.8 Å². The minimum atomic E-state index is -0.526. The first-order chi connectivity index (χ1) is 9.51. The molecule has 0 aliphatic heterocycles. The number of anilines is 1. The Morgan fingerprint density at radius 2 is 2.05 bits per heavy atom. The summed E-state index contributed by atoms with van der Waals surface area (Å²) in [6.07, 6.45) is 0. The fourth-order valence-electron chi connectivity index (χ4n) is 1.54. The van der Waals surface area contributed by atoms with Crippen molar-refractivity contribution in [1.29, 1.82) is 0 Å². The first-order valence-corrected chi connectivity index (χ1v) is 6.27. The number of carbonyl (C=O) groups excluding carboxylic acids is 1. The van der Waals surface area contributed by atoms with Crippen LogP contribution in [-0.4, -0.2) is 23.1 Å². The van der Waals surface area contributed by atoms with E-state index in [1.807, 2.05) is 0 Å². The highest BCUT2D eigenvalue weighted by molar-refractivity contribution is 6.35. The number of nitrogens with zero attached hydrogens (tertiary/aromatic N) is 1. The third-order valence-corrected chi connectivity index (χ3v) is 2.98. The molecule has 0 fully saturated rings. The van der Waals surface area contributed by atoms with Gasteiger partial charge in [-0.1, -0.05) is 23.2 Å². The monoisotopic (exact) mass is 312 g/mol. The summed E-state index contributed by atoms with van der Waals surface area (Å²) >= 11 is 11.6. The Balaban J connectivity index is 2.23. The zero-order valence-corrected chi connectivity index (χ0v) is 11.9. The minimum absolute atomic E-state index is 0.00877. The maximum atomic E-state index is 12.0. The molecule has 7 heteroatoms. The number of carbonyl (C=O) groups is 1. The standard InChI is InChI=1S/C13H10Cl2N2O3/c1-20-10-4-2-7(6-9(10)18)16-13(19)12-8(14)3-5-11(15)17-12/h2-6,18H,1H3,(H,16,19). The van der Waals surface area contributed by atoms with Gasteiger partial charge in [0.15, 0.2) is 11.5 Å². The first kappa shape index (κ1) is 14.4. The van der Waals surface area contributed by atoms with E-state index < -0.39 is 5.91 Å². The van der Waals surface area contributed by atoms with E-state index in [9.17, 15) is 9.90 Å². The molecule has 1 aromatic heterocycles. The number of pyridine rings is 1. The highest BCUT2D eigenvalue weighted by Gasteiger charge is 2.14. The van der Waals surface area contributed by atoms with Crippen molar-refractivity contribution in [3.63, 3.8) is 0 Å². The topological polar surface area (TPSA) is 71.5 Å². The van der Waals surface area contributed by atoms with Crippen molar-refractivity contribution in [3.05, 3.63) is 46.2 Å². The summed E-state index contributed by atoms with van der Waals surface area (Å²) in [5.74, 6) is -0.306. The molecule has 0 aliphatic rings. The zero-order chi connectivity index (χ0) is 14.7. The highest BCUT2D eigenvalue weighted by atomic mass is 35.5. The average Bonchev–Trinajstić information content (AvgIpc) is 2.41. The van der Waals surface area contributed by atoms with Gasteiger partial charge in [-0.15, -0.1) is 0 Å². The fraction of sp³-hybridized carbons (Fsp3) is 0.0769. The molecule has 104 valence electrons. The number of ether oxygens (including phenoxy) is 1. The molecule has 1 amide bonds. The summed E-state index contributed by atoms with van der Waals surface area (Å²) in [6, 6.07) is 7.43. The van der Waals surface area contributed by atoms with E-state index in [0.717, 1.165) is 0 Å². The molecule has 0 spiro atoms. The molecule has 2 rings (SSSR count). The maximum absolute atomic E-state index is 12.0. The Labute approximate surface area is 125 Å². The molecule has 0 saturated carbocycles. The summed E-state index contributed by atoms with van der Waals surface area (Å²) in [5.41, 5.74) is 0.389. The normalized spacial score (nSPS) is 10.2. The number of hydrogen-bond acceptors (Lipinski definition) is 4. The molecule has 5 nitrogen and oxygen atoms in total. The van der Waals surface area contributed by atoms with Gasteiger partial charge in [-0.3, -0.25) is 4.79 Å². The van der Waals surface area contributed by atoms with Gasteiger partial charge in [-0.05, 0) is 24.3 Å². The average molecular weight is 313 g/mol. The molecule has 0 aliphatic carbocycles. The van der Waals surface area contributed by atoms with Gasteiger partial charge in [0.1, 0.15) is 10.8 Å². The Kier molecular flexibility index (Phi) is 4.32. The number of rotatable bonds is 3. The van der Waals surface area contributed by atoms with Gasteiger partial charge in [0.25, 0.3) is 5.91 Å². The molecular formula is C13H10Cl2N2O3. The van der Waals surface area contributed by atoms with Crippen LogP contribution in [0.4, 0.5) is 5.69 Å². The van der Waals surface area contributed by atoms with Gasteiger partial charge in [-0.25, -0.2) is 4.98 Å². The number of phenolic OH excluding ortho intramolecular Hbond substituents is 1. The number of aromatic hydroxyl groups is 1. The predicted octanol–water partition coefficient (Wildman–Crippen LogP) is 3.35. The van der Waals surface area contributed by atoms with Crippen molar-refractivity contribution in [1.82, 2.24) is 4.98 Å². The Bertz CT molecular complexity index is 662. The van der Waals surface area contributed by atoms with Crippen LogP contribution in [0, 0.1) is 0 Å². The van der Waals surface area contributed by atoms with Crippen molar-refractivity contribution >= 4 is 34.8 Å². The molecule has 0 atom stereocenters. The minimum Gasteiger partial charge on any atom is -0.504 e. The van der Waals surface area contributed by atoms with Crippen LogP contribution in [0.25, 0.3) is 0 Å². The van der Waals surface area contributed by atoms with Gasteiger partial charge in [0.2, 0.25) is 0 Å². The van der Waals surface area contributed by atoms with E-state index in [0.29, 0.717) is 11.4 Å². The molecule has 2 N–H and O–H groups in total. The quantitative estimate of drug-likeness (QED) is 0.852. The SMILES string of the molecule is COc1ccc(NC(=O)c2nc(Cl)ccc2Cl)cc1O. The lowest BCUT2D eigenvalue weighted by Crippen LogP contribution is -2.14. The van der Waals surface area contributed by atoms with Crippen molar-refractivity contribution in [3.8, 4) is 11.5 Å². The van der Waals surface area contributed by atoms with Gasteiger partial charge in [0.05, 0.1) is 12.1 Å². The Morgan fingerprint density at radius 3 is 2.70 bits per heavy atom. The lowest BCUT2D eigenvalue weighted by atomic mass is 10.2. The molecule has 2 aromatic rings. The van der Waals surface area contributed by atoms with Crippen LogP contribution < -0.4 is 10.1 Å². The van der Waals surface area contributed by atoms with Crippen LogP contribution in [0.15, 0.2) is 30.3 Å². The van der Waals surface area contributed by atoms with E-state index in [1.165, 1.54) is 31.4 Å². The molecule has 0 radical (unpaired) electrons. The third-order valence-electron chi connectivity index (χ3n) is 2.46. The van der Waals surface area contributed by atoms with E-state index in [4.69, 9.17) is 27.9 Å². The number of phenols is 1. The number of hydrogen-bond donors (Lipinski definition) is 2. The number of amides is 1. The highest BCUT2D eigenvalue weighted by Crippen LogP contribution is 2.29. The molecule has 20 heavy (non-hydrogen) atoms. The Hall–Kier alpha value is -1.98. The van der Waals surface area contributed by atoms with E-state index >= 15 is 0 Å². The lowest BCUT2D eigenvalue weighted by Gasteiger charge is -2.08. The summed E-state index contributed by atoms with van der Waals surface area (Å²) in [6.45, 7) is 0. The van der Waals surface area contributed by atoms with Crippen LogP contribution in [0.5, 0.6) is 11.5 Å². The summed E-state index contributed by atoms with van der Waals surface area (Å²) in [4.78, 5) is 15.9. The van der Waals surface area contributed by atoms with E-state index in [2.05, 4.69) is 10.3 Å².